The number of hydrogen-bond donors (Lipinski definition) is 2. The number of sulfonamides is 1. The van der Waals surface area contributed by atoms with Crippen molar-refractivity contribution in [3.8, 4) is 5.75 Å². The summed E-state index contributed by atoms with van der Waals surface area (Å²) in [6.07, 6.45) is 0.877. The number of aryl methyl sites for hydroxylation is 1. The lowest BCUT2D eigenvalue weighted by Gasteiger charge is -2.13. The van der Waals surface area contributed by atoms with Gasteiger partial charge < -0.3 is 9.84 Å². The number of carboxylic acids is 1. The van der Waals surface area contributed by atoms with Gasteiger partial charge in [-0.25, -0.2) is 8.42 Å². The van der Waals surface area contributed by atoms with Crippen LogP contribution in [0.15, 0.2) is 30.3 Å². The van der Waals surface area contributed by atoms with E-state index >= 15 is 0 Å². The van der Waals surface area contributed by atoms with Crippen LogP contribution in [0.4, 0.5) is 5.69 Å². The fourth-order valence-electron chi connectivity index (χ4n) is 2.40. The standard InChI is InChI=1S/C17H17Cl2NO5S/c1-10-3-12(5-13(4-10)20-26(2,23)24)9-25-17-14(18)6-11(7-15(17)19)8-16(21)22/h3-7,20H,8-9H2,1-2H3,(H,21,22). The van der Waals surface area contributed by atoms with E-state index in [1.165, 1.54) is 12.1 Å². The molecule has 0 aliphatic carbocycles. The van der Waals surface area contributed by atoms with Crippen molar-refractivity contribution in [3.05, 3.63) is 57.1 Å². The van der Waals surface area contributed by atoms with Gasteiger partial charge in [-0.05, 0) is 47.9 Å². The van der Waals surface area contributed by atoms with E-state index in [1.807, 2.05) is 13.0 Å². The lowest BCUT2D eigenvalue weighted by Crippen LogP contribution is -2.10. The van der Waals surface area contributed by atoms with Crippen molar-refractivity contribution in [3.63, 3.8) is 0 Å². The van der Waals surface area contributed by atoms with Gasteiger partial charge in [-0.15, -0.1) is 0 Å². The molecule has 0 heterocycles. The molecule has 140 valence electrons. The summed E-state index contributed by atoms with van der Waals surface area (Å²) in [6, 6.07) is 8.17. The molecular formula is C17H17Cl2NO5S. The Balaban J connectivity index is 2.20. The van der Waals surface area contributed by atoms with E-state index in [2.05, 4.69) is 4.72 Å². The molecule has 0 unspecified atom stereocenters. The average Bonchev–Trinajstić information content (AvgIpc) is 2.42. The highest BCUT2D eigenvalue weighted by Crippen LogP contribution is 2.35. The van der Waals surface area contributed by atoms with Crippen LogP contribution in [-0.2, 0) is 27.8 Å². The molecule has 0 aliphatic heterocycles. The Hall–Kier alpha value is -1.96. The molecule has 2 aromatic rings. The molecule has 0 saturated carbocycles. The quantitative estimate of drug-likeness (QED) is 0.712. The molecule has 0 atom stereocenters. The summed E-state index contributed by atoms with van der Waals surface area (Å²) in [7, 11) is -3.39. The number of nitrogens with one attached hydrogen (secondary N) is 1. The Morgan fingerprint density at radius 1 is 1.12 bits per heavy atom. The molecule has 0 amide bonds. The molecule has 0 bridgehead atoms. The van der Waals surface area contributed by atoms with Gasteiger partial charge in [0.15, 0.2) is 5.75 Å². The third kappa shape index (κ3) is 6.09. The second kappa shape index (κ2) is 8.16. The average molecular weight is 418 g/mol. The van der Waals surface area contributed by atoms with E-state index in [4.69, 9.17) is 33.0 Å². The van der Waals surface area contributed by atoms with Crippen molar-refractivity contribution in [1.29, 1.82) is 0 Å². The minimum atomic E-state index is -3.39. The molecule has 0 radical (unpaired) electrons. The second-order valence-corrected chi connectivity index (χ2v) is 8.39. The van der Waals surface area contributed by atoms with Crippen LogP contribution in [-0.4, -0.2) is 25.7 Å². The maximum atomic E-state index is 11.4. The second-order valence-electron chi connectivity index (χ2n) is 5.83. The number of carbonyl (C=O) groups is 1. The predicted octanol–water partition coefficient (Wildman–Crippen LogP) is 3.88. The number of ether oxygens (including phenoxy) is 1. The van der Waals surface area contributed by atoms with Gasteiger partial charge in [0.25, 0.3) is 0 Å². The van der Waals surface area contributed by atoms with Crippen LogP contribution in [0, 0.1) is 6.92 Å². The van der Waals surface area contributed by atoms with Crippen LogP contribution >= 0.6 is 23.2 Å². The molecule has 0 spiro atoms. The smallest absolute Gasteiger partial charge is 0.307 e. The number of rotatable bonds is 7. The van der Waals surface area contributed by atoms with Gasteiger partial charge in [-0.3, -0.25) is 9.52 Å². The zero-order valence-corrected chi connectivity index (χ0v) is 16.4. The van der Waals surface area contributed by atoms with Gasteiger partial charge in [0.1, 0.15) is 6.61 Å². The van der Waals surface area contributed by atoms with Gasteiger partial charge in [0.2, 0.25) is 10.0 Å². The van der Waals surface area contributed by atoms with Gasteiger partial charge in [0, 0.05) is 5.69 Å². The largest absolute Gasteiger partial charge is 0.486 e. The van der Waals surface area contributed by atoms with E-state index in [-0.39, 0.29) is 28.8 Å². The number of halogens is 2. The van der Waals surface area contributed by atoms with Crippen molar-refractivity contribution in [2.75, 3.05) is 11.0 Å². The molecule has 0 aliphatic rings. The molecule has 6 nitrogen and oxygen atoms in total. The Morgan fingerprint density at radius 3 is 2.27 bits per heavy atom. The summed E-state index contributed by atoms with van der Waals surface area (Å²) in [5.41, 5.74) is 2.47. The molecule has 26 heavy (non-hydrogen) atoms. The van der Waals surface area contributed by atoms with Gasteiger partial charge in [-0.2, -0.15) is 0 Å². The highest BCUT2D eigenvalue weighted by Gasteiger charge is 2.12. The van der Waals surface area contributed by atoms with E-state index in [9.17, 15) is 13.2 Å². The Labute approximate surface area is 161 Å². The Morgan fingerprint density at radius 2 is 1.73 bits per heavy atom. The van der Waals surface area contributed by atoms with E-state index < -0.39 is 16.0 Å². The third-order valence-electron chi connectivity index (χ3n) is 3.24. The lowest BCUT2D eigenvalue weighted by atomic mass is 10.1. The van der Waals surface area contributed by atoms with E-state index in [0.29, 0.717) is 11.3 Å². The Kier molecular flexibility index (Phi) is 6.39. The monoisotopic (exact) mass is 417 g/mol. The van der Waals surface area contributed by atoms with Gasteiger partial charge >= 0.3 is 5.97 Å². The number of aliphatic carboxylic acids is 1. The summed E-state index contributed by atoms with van der Waals surface area (Å²) in [5.74, 6) is -0.752. The number of benzene rings is 2. The van der Waals surface area contributed by atoms with E-state index in [1.54, 1.807) is 12.1 Å². The van der Waals surface area contributed by atoms with Crippen molar-refractivity contribution >= 4 is 44.9 Å². The topological polar surface area (TPSA) is 92.7 Å². The zero-order valence-electron chi connectivity index (χ0n) is 14.0. The van der Waals surface area contributed by atoms with Crippen LogP contribution in [0.1, 0.15) is 16.7 Å². The maximum Gasteiger partial charge on any atom is 0.307 e. The molecule has 0 fully saturated rings. The van der Waals surface area contributed by atoms with Crippen molar-refractivity contribution in [1.82, 2.24) is 0 Å². The van der Waals surface area contributed by atoms with E-state index in [0.717, 1.165) is 17.4 Å². The first-order valence-electron chi connectivity index (χ1n) is 7.44. The minimum absolute atomic E-state index is 0.109. The van der Waals surface area contributed by atoms with Crippen LogP contribution < -0.4 is 9.46 Å². The fourth-order valence-corrected chi connectivity index (χ4v) is 3.59. The number of hydrogen-bond acceptors (Lipinski definition) is 4. The highest BCUT2D eigenvalue weighted by molar-refractivity contribution is 7.92. The molecule has 2 aromatic carbocycles. The summed E-state index contributed by atoms with van der Waals surface area (Å²) < 4.78 is 30.8. The summed E-state index contributed by atoms with van der Waals surface area (Å²) in [4.78, 5) is 10.8. The zero-order chi connectivity index (χ0) is 19.5. The molecule has 0 aromatic heterocycles. The first kappa shape index (κ1) is 20.4. The summed E-state index contributed by atoms with van der Waals surface area (Å²) in [5, 5.41) is 9.25. The maximum absolute atomic E-state index is 11.4. The van der Waals surface area contributed by atoms with Crippen molar-refractivity contribution < 1.29 is 23.1 Å². The minimum Gasteiger partial charge on any atom is -0.486 e. The SMILES string of the molecule is Cc1cc(COc2c(Cl)cc(CC(=O)O)cc2Cl)cc(NS(C)(=O)=O)c1. The van der Waals surface area contributed by atoms with Gasteiger partial charge in [0.05, 0.1) is 22.7 Å². The molecule has 2 N–H and O–H groups in total. The highest BCUT2D eigenvalue weighted by atomic mass is 35.5. The predicted molar refractivity (Wildman–Crippen MR) is 102 cm³/mol. The molecule has 9 heteroatoms. The summed E-state index contributed by atoms with van der Waals surface area (Å²) in [6.45, 7) is 1.94. The normalized spacial score (nSPS) is 11.2. The van der Waals surface area contributed by atoms with Crippen LogP contribution in [0.2, 0.25) is 10.0 Å². The molecular weight excluding hydrogens is 401 g/mol. The van der Waals surface area contributed by atoms with Gasteiger partial charge in [-0.1, -0.05) is 29.3 Å². The molecule has 0 saturated heterocycles. The molecule has 2 rings (SSSR count). The van der Waals surface area contributed by atoms with Crippen LogP contribution in [0.5, 0.6) is 5.75 Å². The van der Waals surface area contributed by atoms with Crippen LogP contribution in [0.25, 0.3) is 0 Å². The van der Waals surface area contributed by atoms with Crippen LogP contribution in [0.3, 0.4) is 0 Å². The lowest BCUT2D eigenvalue weighted by molar-refractivity contribution is -0.136. The van der Waals surface area contributed by atoms with Crippen molar-refractivity contribution in [2.24, 2.45) is 0 Å². The Bertz CT molecular complexity index is 921. The number of carboxylic acid groups (broad SMARTS) is 1. The van der Waals surface area contributed by atoms with Crippen molar-refractivity contribution in [2.45, 2.75) is 20.0 Å². The summed E-state index contributed by atoms with van der Waals surface area (Å²) >= 11 is 12.3. The first-order valence-corrected chi connectivity index (χ1v) is 10.1. The third-order valence-corrected chi connectivity index (χ3v) is 4.40. The number of anilines is 1. The fraction of sp³-hybridized carbons (Fsp3) is 0.235. The first-order chi connectivity index (χ1) is 12.0.